The molecular weight excluding hydrogens is 437 g/mol. The molecule has 4 rings (SSSR count). The zero-order valence-electron chi connectivity index (χ0n) is 12.8. The van der Waals surface area contributed by atoms with Crippen molar-refractivity contribution in [1.29, 1.82) is 0 Å². The quantitative estimate of drug-likeness (QED) is 0.365. The summed E-state index contributed by atoms with van der Waals surface area (Å²) < 4.78 is 0.353. The Hall–Kier alpha value is -1.68. The number of rotatable bonds is 2. The van der Waals surface area contributed by atoms with Gasteiger partial charge in [0, 0.05) is 29.6 Å². The number of piperidine rings is 1. The van der Waals surface area contributed by atoms with Crippen LogP contribution < -0.4 is 10.6 Å². The van der Waals surface area contributed by atoms with Gasteiger partial charge >= 0.3 is 0 Å². The fourth-order valence-corrected chi connectivity index (χ4v) is 4.73. The third-order valence-corrected chi connectivity index (χ3v) is 5.82. The smallest absolute Gasteiger partial charge is 0.238 e. The molecular formula is C16H16IN5OS. The van der Waals surface area contributed by atoms with Gasteiger partial charge in [0.05, 0.1) is 16.0 Å². The summed E-state index contributed by atoms with van der Waals surface area (Å²) in [4.78, 5) is 14.7. The van der Waals surface area contributed by atoms with Gasteiger partial charge < -0.3 is 15.5 Å². The number of carbonyl (C=O) groups excluding carboxylic acids is 1. The number of anilines is 1. The molecule has 1 aromatic heterocycles. The molecule has 8 heteroatoms. The standard InChI is InChI=1S/C16H16IN5OS/c17-10-4-2-8-22-14(10)13-9(15(22)23)3-1-5-11(13)19-16(24)20-12-6-7-18-21-12/h1,3,5-7,9-10H,2,4,8H2,(H3,18,19,20,21,24). The molecule has 3 heterocycles. The van der Waals surface area contributed by atoms with Crippen LogP contribution in [0.15, 0.2) is 47.5 Å². The second-order valence-corrected chi connectivity index (χ2v) is 7.80. The molecule has 2 unspecified atom stereocenters. The minimum atomic E-state index is -0.196. The number of hydrogen-bond acceptors (Lipinski definition) is 3. The van der Waals surface area contributed by atoms with Crippen molar-refractivity contribution in [3.05, 3.63) is 47.5 Å². The van der Waals surface area contributed by atoms with E-state index in [0.29, 0.717) is 9.04 Å². The maximum atomic E-state index is 12.7. The van der Waals surface area contributed by atoms with Crippen LogP contribution in [0.1, 0.15) is 12.8 Å². The summed E-state index contributed by atoms with van der Waals surface area (Å²) in [5.41, 5.74) is 3.11. The number of allylic oxidation sites excluding steroid dienone is 4. The largest absolute Gasteiger partial charge is 0.332 e. The van der Waals surface area contributed by atoms with Crippen molar-refractivity contribution in [3.8, 4) is 0 Å². The summed E-state index contributed by atoms with van der Waals surface area (Å²) in [6, 6.07) is 1.80. The zero-order chi connectivity index (χ0) is 16.7. The molecule has 6 nitrogen and oxygen atoms in total. The van der Waals surface area contributed by atoms with E-state index in [0.717, 1.165) is 42.2 Å². The number of aromatic nitrogens is 2. The Morgan fingerprint density at radius 2 is 2.33 bits per heavy atom. The van der Waals surface area contributed by atoms with Gasteiger partial charge in [-0.2, -0.15) is 5.10 Å². The minimum absolute atomic E-state index is 0.178. The van der Waals surface area contributed by atoms with Crippen molar-refractivity contribution in [1.82, 2.24) is 20.4 Å². The van der Waals surface area contributed by atoms with Gasteiger partial charge in [-0.15, -0.1) is 0 Å². The van der Waals surface area contributed by atoms with Crippen molar-refractivity contribution in [2.24, 2.45) is 5.92 Å². The molecule has 1 aliphatic carbocycles. The molecule has 3 N–H and O–H groups in total. The van der Waals surface area contributed by atoms with Crippen molar-refractivity contribution in [3.63, 3.8) is 0 Å². The number of nitrogens with zero attached hydrogens (tertiary/aromatic N) is 2. The number of alkyl halides is 1. The summed E-state index contributed by atoms with van der Waals surface area (Å²) in [5.74, 6) is 0.706. The third-order valence-electron chi connectivity index (χ3n) is 4.40. The summed E-state index contributed by atoms with van der Waals surface area (Å²) >= 11 is 7.83. The fourth-order valence-electron chi connectivity index (χ4n) is 3.40. The number of thiocarbonyl (C=S) groups is 1. The summed E-state index contributed by atoms with van der Waals surface area (Å²) in [6.07, 6.45) is 9.69. The van der Waals surface area contributed by atoms with Crippen molar-refractivity contribution in [2.45, 2.75) is 16.8 Å². The van der Waals surface area contributed by atoms with Crippen LogP contribution in [0.25, 0.3) is 0 Å². The van der Waals surface area contributed by atoms with Gasteiger partial charge in [0.1, 0.15) is 5.82 Å². The van der Waals surface area contributed by atoms with Crippen LogP contribution in [0.2, 0.25) is 0 Å². The first kappa shape index (κ1) is 15.8. The van der Waals surface area contributed by atoms with Crippen LogP contribution in [-0.2, 0) is 4.79 Å². The SMILES string of the molecule is O=C1C2C=CC=C(NC(=S)Nc3ccn[nH]3)C2=C2C(I)CCCN12. The van der Waals surface area contributed by atoms with Gasteiger partial charge in [0.2, 0.25) is 5.91 Å². The Morgan fingerprint density at radius 3 is 3.12 bits per heavy atom. The highest BCUT2D eigenvalue weighted by Crippen LogP contribution is 2.43. The lowest BCUT2D eigenvalue weighted by molar-refractivity contribution is -0.129. The van der Waals surface area contributed by atoms with E-state index < -0.39 is 0 Å². The lowest BCUT2D eigenvalue weighted by atomic mass is 9.91. The van der Waals surface area contributed by atoms with E-state index in [4.69, 9.17) is 12.2 Å². The van der Waals surface area contributed by atoms with Gasteiger partial charge in [-0.05, 0) is 31.1 Å². The molecule has 0 spiro atoms. The first-order valence-electron chi connectivity index (χ1n) is 7.81. The topological polar surface area (TPSA) is 73.0 Å². The highest BCUT2D eigenvalue weighted by molar-refractivity contribution is 14.1. The number of nitrogens with one attached hydrogen (secondary N) is 3. The monoisotopic (exact) mass is 453 g/mol. The van der Waals surface area contributed by atoms with Crippen LogP contribution in [0.5, 0.6) is 0 Å². The summed E-state index contributed by atoms with van der Waals surface area (Å²) in [7, 11) is 0. The second-order valence-electron chi connectivity index (χ2n) is 5.89. The number of aromatic amines is 1. The molecule has 0 bridgehead atoms. The number of hydrogen-bond donors (Lipinski definition) is 3. The first-order valence-corrected chi connectivity index (χ1v) is 9.46. The average Bonchev–Trinajstić information content (AvgIpc) is 3.16. The molecule has 2 aliphatic heterocycles. The highest BCUT2D eigenvalue weighted by atomic mass is 127. The summed E-state index contributed by atoms with van der Waals surface area (Å²) in [6.45, 7) is 0.811. The molecule has 1 saturated heterocycles. The van der Waals surface area contributed by atoms with Crippen LogP contribution in [-0.4, -0.2) is 36.6 Å². The Kier molecular flexibility index (Phi) is 4.17. The lowest BCUT2D eigenvalue weighted by Gasteiger charge is -2.30. The van der Waals surface area contributed by atoms with Gasteiger partial charge in [0.25, 0.3) is 0 Å². The number of carbonyl (C=O) groups is 1. The minimum Gasteiger partial charge on any atom is -0.332 e. The van der Waals surface area contributed by atoms with E-state index >= 15 is 0 Å². The van der Waals surface area contributed by atoms with Crippen LogP contribution in [0, 0.1) is 5.92 Å². The Balaban J connectivity index is 1.62. The zero-order valence-corrected chi connectivity index (χ0v) is 15.7. The van der Waals surface area contributed by atoms with E-state index in [1.54, 1.807) is 12.3 Å². The molecule has 124 valence electrons. The van der Waals surface area contributed by atoms with E-state index in [9.17, 15) is 4.79 Å². The van der Waals surface area contributed by atoms with Gasteiger partial charge in [-0.25, -0.2) is 0 Å². The Bertz CT molecular complexity index is 782. The first-order chi connectivity index (χ1) is 11.6. The molecule has 0 aromatic carbocycles. The predicted octanol–water partition coefficient (Wildman–Crippen LogP) is 2.46. The molecule has 1 fully saturated rings. The maximum absolute atomic E-state index is 12.7. The molecule has 0 radical (unpaired) electrons. The summed E-state index contributed by atoms with van der Waals surface area (Å²) in [5, 5.41) is 13.5. The van der Waals surface area contributed by atoms with E-state index in [-0.39, 0.29) is 11.8 Å². The molecule has 2 atom stereocenters. The third kappa shape index (κ3) is 2.67. The van der Waals surface area contributed by atoms with Crippen molar-refractivity contribution < 1.29 is 4.79 Å². The van der Waals surface area contributed by atoms with E-state index in [1.165, 1.54) is 0 Å². The molecule has 1 amide bonds. The van der Waals surface area contributed by atoms with E-state index in [2.05, 4.69) is 43.4 Å². The van der Waals surface area contributed by atoms with Gasteiger partial charge in [0.15, 0.2) is 5.11 Å². The highest BCUT2D eigenvalue weighted by Gasteiger charge is 2.44. The van der Waals surface area contributed by atoms with Crippen molar-refractivity contribution in [2.75, 3.05) is 11.9 Å². The molecule has 1 aromatic rings. The second kappa shape index (κ2) is 6.32. The van der Waals surface area contributed by atoms with Crippen LogP contribution in [0.3, 0.4) is 0 Å². The Morgan fingerprint density at radius 1 is 1.46 bits per heavy atom. The Labute approximate surface area is 158 Å². The molecule has 0 saturated carbocycles. The van der Waals surface area contributed by atoms with Crippen LogP contribution in [0.4, 0.5) is 5.82 Å². The molecule has 24 heavy (non-hydrogen) atoms. The normalized spacial score (nSPS) is 25.3. The fraction of sp³-hybridized carbons (Fsp3) is 0.312. The van der Waals surface area contributed by atoms with Gasteiger partial charge in [-0.3, -0.25) is 9.89 Å². The molecule has 3 aliphatic rings. The van der Waals surface area contributed by atoms with Crippen LogP contribution >= 0.6 is 34.8 Å². The average molecular weight is 453 g/mol. The number of amides is 1. The number of fused-ring (bicyclic) bond motifs is 2. The maximum Gasteiger partial charge on any atom is 0.238 e. The number of H-pyrrole nitrogens is 1. The van der Waals surface area contributed by atoms with E-state index in [1.807, 2.05) is 23.1 Å². The van der Waals surface area contributed by atoms with Crippen molar-refractivity contribution >= 4 is 51.6 Å². The lowest BCUT2D eigenvalue weighted by Crippen LogP contribution is -2.35. The number of halogens is 1. The predicted molar refractivity (Wildman–Crippen MR) is 104 cm³/mol. The van der Waals surface area contributed by atoms with Gasteiger partial charge in [-0.1, -0.05) is 34.7 Å².